The van der Waals surface area contributed by atoms with Crippen molar-refractivity contribution in [3.8, 4) is 0 Å². The molecule has 0 radical (unpaired) electrons. The van der Waals surface area contributed by atoms with Crippen molar-refractivity contribution < 1.29 is 22.2 Å². The Balaban J connectivity index is 3.20. The first kappa shape index (κ1) is 13.5. The van der Waals surface area contributed by atoms with Gasteiger partial charge in [0.25, 0.3) is 0 Å². The summed E-state index contributed by atoms with van der Waals surface area (Å²) in [4.78, 5) is 10.6. The molecule has 17 heavy (non-hydrogen) atoms. The van der Waals surface area contributed by atoms with Gasteiger partial charge in [0.2, 0.25) is 0 Å². The van der Waals surface area contributed by atoms with Crippen LogP contribution in [0.2, 0.25) is 0 Å². The maximum Gasteiger partial charge on any atom is 0.474 e. The molecule has 0 aliphatic rings. The van der Waals surface area contributed by atoms with Crippen LogP contribution >= 0.6 is 0 Å². The van der Waals surface area contributed by atoms with Gasteiger partial charge in [-0.2, -0.15) is 13.2 Å². The Morgan fingerprint density at radius 2 is 1.76 bits per heavy atom. The lowest BCUT2D eigenvalue weighted by Crippen LogP contribution is -2.21. The molecule has 8 heteroatoms. The molecule has 1 aromatic rings. The lowest BCUT2D eigenvalue weighted by molar-refractivity contribution is -0.169. The second-order valence-corrected chi connectivity index (χ2v) is 5.52. The zero-order chi connectivity index (χ0) is 13.3. The van der Waals surface area contributed by atoms with Crippen molar-refractivity contribution >= 4 is 21.3 Å². The van der Waals surface area contributed by atoms with Crippen molar-refractivity contribution in [2.24, 2.45) is 4.36 Å². The fourth-order valence-electron chi connectivity index (χ4n) is 0.983. The summed E-state index contributed by atoms with van der Waals surface area (Å²) in [6.07, 6.45) is -4.16. The maximum absolute atomic E-state index is 12.0. The van der Waals surface area contributed by atoms with Gasteiger partial charge in [0.05, 0.1) is 9.73 Å². The van der Waals surface area contributed by atoms with Crippen LogP contribution in [0.15, 0.2) is 33.5 Å². The number of alkyl halides is 3. The number of nitrogens with two attached hydrogens (primary N) is 1. The lowest BCUT2D eigenvalue weighted by atomic mass is 10.3. The summed E-state index contributed by atoms with van der Waals surface area (Å²) in [7, 11) is -3.41. The fraction of sp³-hybridized carbons (Fsp3) is 0.222. The molecule has 0 fully saturated rings. The van der Waals surface area contributed by atoms with E-state index in [-0.39, 0.29) is 4.90 Å². The molecule has 1 amide bonds. The number of carbonyl (C=O) groups is 1. The lowest BCUT2D eigenvalue weighted by Gasteiger charge is -2.05. The summed E-state index contributed by atoms with van der Waals surface area (Å²) in [6, 6.07) is 5.27. The molecule has 1 rings (SSSR count). The molecule has 0 spiro atoms. The van der Waals surface area contributed by atoms with E-state index in [0.717, 1.165) is 6.26 Å². The van der Waals surface area contributed by atoms with Gasteiger partial charge in [-0.05, 0) is 24.3 Å². The Morgan fingerprint density at radius 3 is 2.18 bits per heavy atom. The minimum atomic E-state index is -5.12. The number of benzene rings is 1. The minimum absolute atomic E-state index is 0.0179. The number of carbonyl (C=O) groups excluding carboxylic acids is 1. The van der Waals surface area contributed by atoms with Crippen molar-refractivity contribution in [2.75, 3.05) is 12.0 Å². The van der Waals surface area contributed by atoms with E-state index < -0.39 is 21.8 Å². The van der Waals surface area contributed by atoms with Crippen LogP contribution in [-0.4, -0.2) is 22.5 Å². The predicted octanol–water partition coefficient (Wildman–Crippen LogP) is 1.81. The van der Waals surface area contributed by atoms with E-state index in [4.69, 9.17) is 5.73 Å². The summed E-state index contributed by atoms with van der Waals surface area (Å²) in [5, 5.41) is 0. The molecule has 1 atom stereocenters. The first-order chi connectivity index (χ1) is 7.63. The van der Waals surface area contributed by atoms with Crippen molar-refractivity contribution in [1.29, 1.82) is 0 Å². The summed E-state index contributed by atoms with van der Waals surface area (Å²) >= 11 is 0. The largest absolute Gasteiger partial charge is 0.474 e. The van der Waals surface area contributed by atoms with E-state index in [9.17, 15) is 22.2 Å². The van der Waals surface area contributed by atoms with Crippen molar-refractivity contribution in [3.05, 3.63) is 24.3 Å². The maximum atomic E-state index is 12.0. The zero-order valence-electron chi connectivity index (χ0n) is 8.69. The quantitative estimate of drug-likeness (QED) is 0.788. The van der Waals surface area contributed by atoms with Gasteiger partial charge in [-0.15, -0.1) is 4.36 Å². The number of nitrogens with zero attached hydrogens (tertiary/aromatic N) is 1. The molecule has 0 aliphatic carbocycles. The second-order valence-electron chi connectivity index (χ2n) is 3.27. The molecule has 94 valence electrons. The van der Waals surface area contributed by atoms with Gasteiger partial charge in [-0.1, -0.05) is 0 Å². The van der Waals surface area contributed by atoms with Crippen molar-refractivity contribution in [3.63, 3.8) is 0 Å². The standard InChI is InChI=1S/C9H9F3N2O2S/c1-17(16,14-8(15)9(10,11)12)7-4-2-6(13)3-5-7/h2-5H,13H2,1H3. The highest BCUT2D eigenvalue weighted by Gasteiger charge is 2.39. The Bertz CT molecular complexity index is 542. The molecule has 0 aromatic heterocycles. The number of amides is 1. The van der Waals surface area contributed by atoms with E-state index in [2.05, 4.69) is 4.36 Å². The summed E-state index contributed by atoms with van der Waals surface area (Å²) in [5.74, 6) is -2.36. The van der Waals surface area contributed by atoms with Crippen LogP contribution in [0.5, 0.6) is 0 Å². The van der Waals surface area contributed by atoms with Gasteiger partial charge < -0.3 is 5.73 Å². The Morgan fingerprint density at radius 1 is 1.29 bits per heavy atom. The average Bonchev–Trinajstić information content (AvgIpc) is 2.16. The molecule has 0 aliphatic heterocycles. The monoisotopic (exact) mass is 266 g/mol. The van der Waals surface area contributed by atoms with Crippen molar-refractivity contribution in [2.45, 2.75) is 11.1 Å². The zero-order valence-corrected chi connectivity index (χ0v) is 9.51. The molecule has 0 saturated heterocycles. The highest BCUT2D eigenvalue weighted by Crippen LogP contribution is 2.20. The summed E-state index contributed by atoms with van der Waals surface area (Å²) < 4.78 is 50.4. The van der Waals surface area contributed by atoms with Crippen molar-refractivity contribution in [1.82, 2.24) is 0 Å². The molecule has 2 N–H and O–H groups in total. The number of hydrogen-bond acceptors (Lipinski definition) is 3. The Labute approximate surface area is 95.8 Å². The molecule has 0 heterocycles. The first-order valence-electron chi connectivity index (χ1n) is 4.32. The number of rotatable bonds is 1. The minimum Gasteiger partial charge on any atom is -0.399 e. The van der Waals surface area contributed by atoms with E-state index in [0.29, 0.717) is 5.69 Å². The van der Waals surface area contributed by atoms with Gasteiger partial charge >= 0.3 is 12.1 Å². The molecule has 0 saturated carbocycles. The summed E-state index contributed by atoms with van der Waals surface area (Å²) in [6.45, 7) is 0. The van der Waals surface area contributed by atoms with E-state index in [1.165, 1.54) is 24.3 Å². The van der Waals surface area contributed by atoms with Crippen LogP contribution in [0, 0.1) is 0 Å². The number of hydrogen-bond donors (Lipinski definition) is 1. The smallest absolute Gasteiger partial charge is 0.399 e. The molecule has 0 bridgehead atoms. The van der Waals surface area contributed by atoms with Crippen LogP contribution in [-0.2, 0) is 14.5 Å². The molecular weight excluding hydrogens is 257 g/mol. The van der Waals surface area contributed by atoms with E-state index in [1.807, 2.05) is 0 Å². The van der Waals surface area contributed by atoms with Gasteiger partial charge in [-0.25, -0.2) is 4.21 Å². The SMILES string of the molecule is CS(=O)(=NC(=O)C(F)(F)F)c1ccc(N)cc1. The molecule has 4 nitrogen and oxygen atoms in total. The first-order valence-corrected chi connectivity index (χ1v) is 6.24. The number of anilines is 1. The van der Waals surface area contributed by atoms with Gasteiger partial charge in [0.15, 0.2) is 0 Å². The average molecular weight is 266 g/mol. The highest BCUT2D eigenvalue weighted by atomic mass is 32.2. The van der Waals surface area contributed by atoms with Crippen LogP contribution in [0.25, 0.3) is 0 Å². The highest BCUT2D eigenvalue weighted by molar-refractivity contribution is 7.93. The van der Waals surface area contributed by atoms with E-state index in [1.54, 1.807) is 0 Å². The third kappa shape index (κ3) is 3.45. The third-order valence-corrected chi connectivity index (χ3v) is 3.48. The predicted molar refractivity (Wildman–Crippen MR) is 56.7 cm³/mol. The Hall–Kier alpha value is -1.57. The van der Waals surface area contributed by atoms with Crippen LogP contribution < -0.4 is 5.73 Å². The van der Waals surface area contributed by atoms with Gasteiger partial charge in [0.1, 0.15) is 0 Å². The molecule has 1 unspecified atom stereocenters. The normalized spacial score (nSPS) is 15.1. The summed E-state index contributed by atoms with van der Waals surface area (Å²) in [5.41, 5.74) is 5.74. The molecule has 1 aromatic carbocycles. The van der Waals surface area contributed by atoms with Crippen LogP contribution in [0.3, 0.4) is 0 Å². The number of halogens is 3. The van der Waals surface area contributed by atoms with Gasteiger partial charge in [0, 0.05) is 16.8 Å². The van der Waals surface area contributed by atoms with Crippen LogP contribution in [0.4, 0.5) is 18.9 Å². The van der Waals surface area contributed by atoms with Gasteiger partial charge in [-0.3, -0.25) is 4.79 Å². The fourth-order valence-corrected chi connectivity index (χ4v) is 2.15. The third-order valence-electron chi connectivity index (χ3n) is 1.82. The topological polar surface area (TPSA) is 72.5 Å². The Kier molecular flexibility index (Phi) is 3.46. The van der Waals surface area contributed by atoms with Crippen LogP contribution in [0.1, 0.15) is 0 Å². The van der Waals surface area contributed by atoms with E-state index >= 15 is 0 Å². The second kappa shape index (κ2) is 4.36. The number of nitrogen functional groups attached to an aromatic ring is 1. The molecular formula is C9H9F3N2O2S.